The highest BCUT2D eigenvalue weighted by atomic mass is 32.1. The quantitative estimate of drug-likeness (QED) is 0.467. The summed E-state index contributed by atoms with van der Waals surface area (Å²) in [5, 5.41) is 2.90. The first-order valence-corrected chi connectivity index (χ1v) is 6.58. The van der Waals surface area contributed by atoms with Crippen LogP contribution in [0.2, 0.25) is 0 Å². The van der Waals surface area contributed by atoms with E-state index in [4.69, 9.17) is 10.6 Å². The van der Waals surface area contributed by atoms with E-state index in [-0.39, 0.29) is 0 Å². The number of nitrogen functional groups attached to an aromatic ring is 1. The second-order valence-corrected chi connectivity index (χ2v) is 5.04. The van der Waals surface area contributed by atoms with E-state index in [1.807, 2.05) is 25.5 Å². The van der Waals surface area contributed by atoms with Crippen LogP contribution in [-0.4, -0.2) is 42.1 Å². The van der Waals surface area contributed by atoms with Gasteiger partial charge in [-0.05, 0) is 32.0 Å². The molecule has 0 bridgehead atoms. The maximum atomic E-state index is 5.70. The number of anilines is 1. The first kappa shape index (κ1) is 13.0. The van der Waals surface area contributed by atoms with Gasteiger partial charge in [-0.15, -0.1) is 11.3 Å². The summed E-state index contributed by atoms with van der Waals surface area (Å²) in [7, 11) is 4.08. The lowest BCUT2D eigenvalue weighted by Gasteiger charge is -2.10. The van der Waals surface area contributed by atoms with Crippen molar-refractivity contribution in [2.24, 2.45) is 5.84 Å². The summed E-state index contributed by atoms with van der Waals surface area (Å²) in [5.74, 6) is 6.31. The first-order valence-electron chi connectivity index (χ1n) is 5.70. The van der Waals surface area contributed by atoms with Gasteiger partial charge < -0.3 is 9.64 Å². The average Bonchev–Trinajstić information content (AvgIpc) is 2.82. The SMILES string of the molecule is CN(C)CCCOc1nc(NN)nc2sccc12. The summed E-state index contributed by atoms with van der Waals surface area (Å²) in [6.07, 6.45) is 0.952. The van der Waals surface area contributed by atoms with Crippen LogP contribution >= 0.6 is 11.3 Å². The van der Waals surface area contributed by atoms with Crippen LogP contribution in [0.5, 0.6) is 5.88 Å². The van der Waals surface area contributed by atoms with Crippen molar-refractivity contribution in [3.8, 4) is 5.88 Å². The summed E-state index contributed by atoms with van der Waals surface area (Å²) >= 11 is 1.54. The number of ether oxygens (including phenoxy) is 1. The number of hydrogen-bond acceptors (Lipinski definition) is 7. The van der Waals surface area contributed by atoms with Gasteiger partial charge in [-0.2, -0.15) is 4.98 Å². The average molecular weight is 267 g/mol. The van der Waals surface area contributed by atoms with Crippen LogP contribution in [-0.2, 0) is 0 Å². The van der Waals surface area contributed by atoms with Gasteiger partial charge in [0, 0.05) is 6.54 Å². The number of hydrogen-bond donors (Lipinski definition) is 2. The predicted molar refractivity (Wildman–Crippen MR) is 73.9 cm³/mol. The molecule has 0 fully saturated rings. The fourth-order valence-corrected chi connectivity index (χ4v) is 2.31. The van der Waals surface area contributed by atoms with Crippen molar-refractivity contribution in [2.45, 2.75) is 6.42 Å². The Hall–Kier alpha value is -1.44. The summed E-state index contributed by atoms with van der Waals surface area (Å²) in [4.78, 5) is 11.5. The highest BCUT2D eigenvalue weighted by Gasteiger charge is 2.09. The molecule has 0 unspecified atom stereocenters. The molecule has 2 aromatic rings. The van der Waals surface area contributed by atoms with E-state index in [1.54, 1.807) is 11.3 Å². The number of aromatic nitrogens is 2. The third kappa shape index (κ3) is 3.06. The van der Waals surface area contributed by atoms with Gasteiger partial charge in [0.25, 0.3) is 0 Å². The van der Waals surface area contributed by atoms with Crippen LogP contribution in [0.4, 0.5) is 5.95 Å². The maximum Gasteiger partial charge on any atom is 0.241 e. The number of fused-ring (bicyclic) bond motifs is 1. The molecule has 98 valence electrons. The van der Waals surface area contributed by atoms with Crippen molar-refractivity contribution >= 4 is 27.5 Å². The predicted octanol–water partition coefficient (Wildman–Crippen LogP) is 1.31. The van der Waals surface area contributed by atoms with Crippen LogP contribution in [0.15, 0.2) is 11.4 Å². The highest BCUT2D eigenvalue weighted by molar-refractivity contribution is 7.16. The molecule has 7 heteroatoms. The maximum absolute atomic E-state index is 5.70. The fourth-order valence-electron chi connectivity index (χ4n) is 1.55. The van der Waals surface area contributed by atoms with Crippen molar-refractivity contribution in [3.63, 3.8) is 0 Å². The van der Waals surface area contributed by atoms with Crippen LogP contribution < -0.4 is 16.0 Å². The Kier molecular flexibility index (Phi) is 4.29. The zero-order valence-electron chi connectivity index (χ0n) is 10.5. The topological polar surface area (TPSA) is 76.3 Å². The molecule has 2 aromatic heterocycles. The lowest BCUT2D eigenvalue weighted by Crippen LogP contribution is -2.16. The van der Waals surface area contributed by atoms with Gasteiger partial charge in [-0.3, -0.25) is 5.43 Å². The molecule has 0 aliphatic heterocycles. The normalized spacial score (nSPS) is 11.1. The molecule has 0 atom stereocenters. The number of nitrogens with two attached hydrogens (primary N) is 1. The Morgan fingerprint density at radius 1 is 1.44 bits per heavy atom. The number of nitrogens with zero attached hydrogens (tertiary/aromatic N) is 3. The van der Waals surface area contributed by atoms with Crippen LogP contribution in [0.3, 0.4) is 0 Å². The number of hydrazine groups is 1. The Bertz CT molecular complexity index is 513. The van der Waals surface area contributed by atoms with Gasteiger partial charge >= 0.3 is 0 Å². The summed E-state index contributed by atoms with van der Waals surface area (Å²) < 4.78 is 5.70. The van der Waals surface area contributed by atoms with E-state index in [0.29, 0.717) is 18.4 Å². The fraction of sp³-hybridized carbons (Fsp3) is 0.455. The molecule has 0 radical (unpaired) electrons. The Morgan fingerprint density at radius 2 is 2.28 bits per heavy atom. The third-order valence-corrected chi connectivity index (χ3v) is 3.21. The summed E-state index contributed by atoms with van der Waals surface area (Å²) in [6, 6.07) is 1.96. The number of rotatable bonds is 6. The molecule has 0 saturated heterocycles. The number of thiophene rings is 1. The highest BCUT2D eigenvalue weighted by Crippen LogP contribution is 2.27. The smallest absolute Gasteiger partial charge is 0.241 e. The van der Waals surface area contributed by atoms with Gasteiger partial charge in [0.05, 0.1) is 12.0 Å². The Labute approximate surface area is 110 Å². The van der Waals surface area contributed by atoms with Crippen molar-refractivity contribution in [3.05, 3.63) is 11.4 Å². The molecular weight excluding hydrogens is 250 g/mol. The van der Waals surface area contributed by atoms with E-state index in [9.17, 15) is 0 Å². The molecule has 6 nitrogen and oxygen atoms in total. The van der Waals surface area contributed by atoms with Crippen LogP contribution in [0.25, 0.3) is 10.2 Å². The number of nitrogens with one attached hydrogen (secondary N) is 1. The summed E-state index contributed by atoms with van der Waals surface area (Å²) in [6.45, 7) is 1.62. The van der Waals surface area contributed by atoms with Gasteiger partial charge in [0.2, 0.25) is 11.8 Å². The lowest BCUT2D eigenvalue weighted by atomic mass is 10.4. The zero-order chi connectivity index (χ0) is 13.0. The van der Waals surface area contributed by atoms with Crippen molar-refractivity contribution in [1.29, 1.82) is 0 Å². The Balaban J connectivity index is 2.08. The Morgan fingerprint density at radius 3 is 3.00 bits per heavy atom. The van der Waals surface area contributed by atoms with Crippen molar-refractivity contribution in [2.75, 3.05) is 32.7 Å². The second kappa shape index (κ2) is 5.94. The molecule has 0 amide bonds. The largest absolute Gasteiger partial charge is 0.477 e. The van der Waals surface area contributed by atoms with E-state index in [1.165, 1.54) is 0 Å². The molecule has 18 heavy (non-hydrogen) atoms. The molecule has 2 rings (SSSR count). The van der Waals surface area contributed by atoms with Crippen LogP contribution in [0.1, 0.15) is 6.42 Å². The molecular formula is C11H17N5OS. The van der Waals surface area contributed by atoms with E-state index in [2.05, 4.69) is 20.3 Å². The van der Waals surface area contributed by atoms with E-state index in [0.717, 1.165) is 23.2 Å². The molecule has 0 aliphatic carbocycles. The minimum atomic E-state index is 0.382. The minimum absolute atomic E-state index is 0.382. The zero-order valence-corrected chi connectivity index (χ0v) is 11.3. The standard InChI is InChI=1S/C11H17N5OS/c1-16(2)5-3-6-17-9-8-4-7-18-10(8)14-11(13-9)15-12/h4,7H,3,5-6,12H2,1-2H3,(H,13,14,15). The molecule has 0 spiro atoms. The lowest BCUT2D eigenvalue weighted by molar-refractivity contribution is 0.276. The molecule has 0 aliphatic rings. The van der Waals surface area contributed by atoms with Gasteiger partial charge in [0.15, 0.2) is 0 Å². The van der Waals surface area contributed by atoms with Crippen molar-refractivity contribution < 1.29 is 4.74 Å². The molecule has 0 saturated carbocycles. The van der Waals surface area contributed by atoms with Crippen LogP contribution in [0, 0.1) is 0 Å². The van der Waals surface area contributed by atoms with E-state index >= 15 is 0 Å². The van der Waals surface area contributed by atoms with E-state index < -0.39 is 0 Å². The summed E-state index contributed by atoms with van der Waals surface area (Å²) in [5.41, 5.74) is 2.45. The molecule has 0 aromatic carbocycles. The first-order chi connectivity index (χ1) is 8.70. The van der Waals surface area contributed by atoms with Gasteiger partial charge in [-0.25, -0.2) is 10.8 Å². The van der Waals surface area contributed by atoms with Crippen molar-refractivity contribution in [1.82, 2.24) is 14.9 Å². The van der Waals surface area contributed by atoms with Gasteiger partial charge in [0.1, 0.15) is 4.83 Å². The molecule has 2 heterocycles. The minimum Gasteiger partial charge on any atom is -0.477 e. The van der Waals surface area contributed by atoms with Gasteiger partial charge in [-0.1, -0.05) is 0 Å². The monoisotopic (exact) mass is 267 g/mol. The molecule has 3 N–H and O–H groups in total. The second-order valence-electron chi connectivity index (χ2n) is 4.14. The third-order valence-electron chi connectivity index (χ3n) is 2.41.